The number of amides is 2. The van der Waals surface area contributed by atoms with Gasteiger partial charge in [0.05, 0.1) is 6.61 Å². The fraction of sp³-hybridized carbons (Fsp3) is 0.407. The van der Waals surface area contributed by atoms with Crippen LogP contribution in [-0.4, -0.2) is 100 Å². The second kappa shape index (κ2) is 57.1. The molecule has 16 nitrogen and oxygen atoms in total. The summed E-state index contributed by atoms with van der Waals surface area (Å²) in [7, 11) is 0. The van der Waals surface area contributed by atoms with E-state index in [1.807, 2.05) is 243 Å². The van der Waals surface area contributed by atoms with Gasteiger partial charge in [0, 0.05) is 133 Å². The molecule has 105 heavy (non-hydrogen) atoms. The zero-order valence-corrected chi connectivity index (χ0v) is 70.1. The summed E-state index contributed by atoms with van der Waals surface area (Å²) in [6.07, 6.45) is 4.82. The highest BCUT2D eigenvalue weighted by molar-refractivity contribution is 8.23. The van der Waals surface area contributed by atoms with E-state index in [0.29, 0.717) is 98.6 Å². The Morgan fingerprint density at radius 1 is 0.324 bits per heavy atom. The van der Waals surface area contributed by atoms with E-state index >= 15 is 0 Å². The number of thioether (sulfide) groups is 4. The van der Waals surface area contributed by atoms with Crippen LogP contribution >= 0.6 is 95.9 Å². The summed E-state index contributed by atoms with van der Waals surface area (Å²) >= 11 is 25.9. The zero-order chi connectivity index (χ0) is 78.7. The highest BCUT2D eigenvalue weighted by Gasteiger charge is 2.16. The maximum absolute atomic E-state index is 11.7. The van der Waals surface area contributed by atoms with E-state index in [1.54, 1.807) is 0 Å². The third-order valence-corrected chi connectivity index (χ3v) is 19.9. The highest BCUT2D eigenvalue weighted by Crippen LogP contribution is 2.21. The fourth-order valence-electron chi connectivity index (χ4n) is 7.97. The number of aryl methyl sites for hydroxylation is 6. The number of carbonyl (C=O) groups excluding carboxylic acids is 8. The lowest BCUT2D eigenvalue weighted by atomic mass is 10.1. The molecule has 6 rings (SSSR count). The third-order valence-electron chi connectivity index (χ3n) is 14.9. The molecule has 0 saturated heterocycles. The first-order valence-electron chi connectivity index (χ1n) is 35.1. The van der Waals surface area contributed by atoms with E-state index in [9.17, 15) is 38.4 Å². The maximum Gasteiger partial charge on any atom is 0.283 e. The van der Waals surface area contributed by atoms with Gasteiger partial charge in [-0.25, -0.2) is 0 Å². The van der Waals surface area contributed by atoms with Crippen molar-refractivity contribution in [3.63, 3.8) is 0 Å². The lowest BCUT2D eigenvalue weighted by molar-refractivity contribution is -0.123. The summed E-state index contributed by atoms with van der Waals surface area (Å²) in [5.74, 6) is 3.80. The van der Waals surface area contributed by atoms with Crippen LogP contribution in [-0.2, 0) is 38.2 Å². The first kappa shape index (κ1) is 95.9. The SMILES string of the molecule is CCC(=O)C(C)COC(=S)Nc1ccc(C)cc1.CCC(=O)C(C)CSC(=O)Nc1ccc(C)cc1.CCC(=O)C(C)CSC(=S)Nc1ccc(C)cc1.CCC(=O)CCOC(=S)Nc1ccc(C)cc1.CCC(=O)CCSC(=O)Nc1ccc(C)cc1.CCC(=O)CCSC(=S)Nc1ccc(C)cc1. The van der Waals surface area contributed by atoms with Crippen molar-refractivity contribution in [3.8, 4) is 0 Å². The minimum absolute atomic E-state index is 0.0660. The van der Waals surface area contributed by atoms with Crippen LogP contribution in [0.15, 0.2) is 146 Å². The summed E-state index contributed by atoms with van der Waals surface area (Å²) in [4.78, 5) is 90.6. The van der Waals surface area contributed by atoms with E-state index in [-0.39, 0.29) is 57.1 Å². The van der Waals surface area contributed by atoms with Crippen molar-refractivity contribution in [1.82, 2.24) is 0 Å². The predicted molar refractivity (Wildman–Crippen MR) is 465 cm³/mol. The molecule has 0 aliphatic heterocycles. The Bertz CT molecular complexity index is 3260. The van der Waals surface area contributed by atoms with E-state index in [4.69, 9.17) is 58.3 Å². The van der Waals surface area contributed by atoms with Crippen molar-refractivity contribution in [1.29, 1.82) is 0 Å². The Morgan fingerprint density at radius 3 is 0.924 bits per heavy atom. The van der Waals surface area contributed by atoms with E-state index in [0.717, 1.165) is 88.9 Å². The Hall–Kier alpha value is -7.16. The second-order valence-electron chi connectivity index (χ2n) is 24.2. The molecule has 0 spiro atoms. The molecule has 6 aromatic carbocycles. The summed E-state index contributed by atoms with van der Waals surface area (Å²) in [5, 5.41) is 18.2. The quantitative estimate of drug-likeness (QED) is 0.0230. The van der Waals surface area contributed by atoms with Gasteiger partial charge in [0.25, 0.3) is 20.8 Å². The number of thiocarbonyl (C=S) groups is 4. The van der Waals surface area contributed by atoms with E-state index in [2.05, 4.69) is 38.8 Å². The number of hydrogen-bond donors (Lipinski definition) is 6. The third kappa shape index (κ3) is 48.6. The van der Waals surface area contributed by atoms with Crippen LogP contribution in [0.5, 0.6) is 0 Å². The molecular weight excluding hydrogens is 1470 g/mol. The van der Waals surface area contributed by atoms with Gasteiger partial charge in [0.2, 0.25) is 0 Å². The summed E-state index contributed by atoms with van der Waals surface area (Å²) in [6, 6.07) is 47.1. The van der Waals surface area contributed by atoms with Crippen molar-refractivity contribution in [3.05, 3.63) is 179 Å². The van der Waals surface area contributed by atoms with E-state index in [1.165, 1.54) is 45.8 Å². The normalized spacial score (nSPS) is 10.9. The number of Topliss-reactive ketones (excluding diaryl/α,β-unsaturated/α-hetero) is 6. The van der Waals surface area contributed by atoms with Gasteiger partial charge in [-0.2, -0.15) is 0 Å². The summed E-state index contributed by atoms with van der Waals surface area (Å²) < 4.78 is 12.0. The lowest BCUT2D eigenvalue weighted by Crippen LogP contribution is -2.21. The maximum atomic E-state index is 11.7. The first-order chi connectivity index (χ1) is 49.9. The molecule has 0 aromatic heterocycles. The van der Waals surface area contributed by atoms with Gasteiger partial charge in [-0.1, -0.05) is 240 Å². The van der Waals surface area contributed by atoms with Crippen LogP contribution in [0, 0.1) is 59.3 Å². The Morgan fingerprint density at radius 2 is 0.590 bits per heavy atom. The molecule has 3 atom stereocenters. The van der Waals surface area contributed by atoms with Crippen LogP contribution in [0.4, 0.5) is 43.7 Å². The summed E-state index contributed by atoms with van der Waals surface area (Å²) in [5.41, 5.74) is 12.5. The minimum atomic E-state index is -0.118. The zero-order valence-electron chi connectivity index (χ0n) is 63.5. The Kier molecular flexibility index (Phi) is 52.1. The molecule has 0 fully saturated rings. The van der Waals surface area contributed by atoms with Gasteiger partial charge in [0.15, 0.2) is 0 Å². The molecule has 570 valence electrons. The van der Waals surface area contributed by atoms with Crippen molar-refractivity contribution in [2.45, 2.75) is 162 Å². The molecule has 0 bridgehead atoms. The molecule has 0 aliphatic carbocycles. The van der Waals surface area contributed by atoms with Gasteiger partial charge in [-0.3, -0.25) is 38.4 Å². The van der Waals surface area contributed by atoms with Crippen LogP contribution in [0.1, 0.15) is 153 Å². The number of carbonyl (C=O) groups is 8. The number of nitrogens with one attached hydrogen (secondary N) is 6. The molecule has 0 radical (unpaired) electrons. The number of ether oxygens (including phenoxy) is 2. The number of hydrogen-bond acceptors (Lipinski definition) is 18. The minimum Gasteiger partial charge on any atom is -0.470 e. The van der Waals surface area contributed by atoms with Gasteiger partial charge >= 0.3 is 0 Å². The molecule has 24 heteroatoms. The molecule has 0 aliphatic rings. The van der Waals surface area contributed by atoms with Gasteiger partial charge in [-0.05, 0) is 139 Å². The van der Waals surface area contributed by atoms with Crippen molar-refractivity contribution in [2.24, 2.45) is 17.8 Å². The van der Waals surface area contributed by atoms with Crippen molar-refractivity contribution >= 4 is 194 Å². The average Bonchev–Trinajstić information content (AvgIpc) is 0.994. The highest BCUT2D eigenvalue weighted by atomic mass is 32.2. The smallest absolute Gasteiger partial charge is 0.283 e. The van der Waals surface area contributed by atoms with Crippen molar-refractivity contribution < 1.29 is 47.8 Å². The Balaban J connectivity index is 0.000000630. The molecule has 6 N–H and O–H groups in total. The molecule has 0 saturated carbocycles. The number of ketones is 6. The number of benzene rings is 6. The van der Waals surface area contributed by atoms with E-state index < -0.39 is 0 Å². The molecular formula is C81H108N6O10S8. The molecule has 0 heterocycles. The second-order valence-corrected chi connectivity index (χ2v) is 30.5. The average molecular weight is 1580 g/mol. The van der Waals surface area contributed by atoms with Crippen LogP contribution in [0.25, 0.3) is 0 Å². The predicted octanol–water partition coefficient (Wildman–Crippen LogP) is 21.7. The topological polar surface area (TPSA) is 227 Å². The van der Waals surface area contributed by atoms with Crippen molar-refractivity contribution in [2.75, 3.05) is 68.1 Å². The van der Waals surface area contributed by atoms with Gasteiger partial charge < -0.3 is 41.4 Å². The Labute approximate surface area is 663 Å². The van der Waals surface area contributed by atoms with Gasteiger partial charge in [-0.15, -0.1) is 0 Å². The molecule has 2 amide bonds. The monoisotopic (exact) mass is 1580 g/mol. The van der Waals surface area contributed by atoms with Gasteiger partial charge in [0.1, 0.15) is 49.9 Å². The standard InChI is InChI=1S/2C14H19NO2S.C14H19NOS2.2C13H17NO2S.C13H17NOS2/c1-4-13(16)11(3)9-18-14(17)15-12-7-5-10(2)6-8-12;1-4-13(16)11(3)9-17-14(18)15-12-7-5-10(2)6-8-12;1-4-13(16)11(3)9-18-14(17)15-12-7-5-10(2)6-8-12;1-3-12(15)8-9-17-13(16)14-11-6-4-10(2)5-7-11;1-3-12(15)8-9-16-13(17)14-11-6-4-10(2)5-7-11;1-3-12(15)8-9-17-13(16)14-11-6-4-10(2)5-7-11/h5-8,11H,4,9H2,1-3H3,(H,15,17);5-8,11H,4,9H2,1-3H3,(H,15,18);5-8,11H,4,9H2,1-3H3,(H,15,17);4-7H,3,8-9H2,1-2H3,(H,14,16);4-7H,3,8-9H2,1-2H3,(H,14,17);4-7H,3,8-9H2,1-2H3,(H,14,16). The van der Waals surface area contributed by atoms with Crippen LogP contribution < -0.4 is 31.9 Å². The summed E-state index contributed by atoms with van der Waals surface area (Å²) in [6.45, 7) is 29.6. The fourth-order valence-corrected chi connectivity index (χ4v) is 12.0. The lowest BCUT2D eigenvalue weighted by Gasteiger charge is -2.13. The number of rotatable bonds is 30. The first-order valence-corrected chi connectivity index (χ1v) is 40.7. The molecule has 6 aromatic rings. The largest absolute Gasteiger partial charge is 0.470 e. The molecule has 3 unspecified atom stereocenters. The number of anilines is 6. The van der Waals surface area contributed by atoms with Crippen LogP contribution in [0.3, 0.4) is 0 Å². The van der Waals surface area contributed by atoms with Crippen LogP contribution in [0.2, 0.25) is 0 Å².